The molecule has 0 bridgehead atoms. The quantitative estimate of drug-likeness (QED) is 0.576. The van der Waals surface area contributed by atoms with Crippen LogP contribution in [0, 0.1) is 0 Å². The SMILES string of the molecule is O=C(NNC(=S)NC1CCCC1)c1ccccc1N1CCCC1=O. The van der Waals surface area contributed by atoms with Crippen LogP contribution in [0.15, 0.2) is 24.3 Å². The van der Waals surface area contributed by atoms with E-state index in [-0.39, 0.29) is 11.8 Å². The smallest absolute Gasteiger partial charge is 0.271 e. The average molecular weight is 346 g/mol. The number of anilines is 1. The molecule has 1 aliphatic carbocycles. The number of thiocarbonyl (C=S) groups is 1. The summed E-state index contributed by atoms with van der Waals surface area (Å²) in [6.45, 7) is 0.651. The lowest BCUT2D eigenvalue weighted by atomic mass is 10.1. The van der Waals surface area contributed by atoms with E-state index in [4.69, 9.17) is 12.2 Å². The Morgan fingerprint density at radius 3 is 2.58 bits per heavy atom. The van der Waals surface area contributed by atoms with Crippen LogP contribution >= 0.6 is 12.2 Å². The maximum absolute atomic E-state index is 12.5. The summed E-state index contributed by atoms with van der Waals surface area (Å²) in [5.41, 5.74) is 6.48. The highest BCUT2D eigenvalue weighted by Crippen LogP contribution is 2.25. The van der Waals surface area contributed by atoms with E-state index in [1.54, 1.807) is 23.1 Å². The number of nitrogens with zero attached hydrogens (tertiary/aromatic N) is 1. The average Bonchev–Trinajstić information content (AvgIpc) is 3.24. The summed E-state index contributed by atoms with van der Waals surface area (Å²) in [4.78, 5) is 26.1. The van der Waals surface area contributed by atoms with E-state index >= 15 is 0 Å². The Balaban J connectivity index is 1.60. The van der Waals surface area contributed by atoms with Gasteiger partial charge in [0.1, 0.15) is 0 Å². The molecule has 1 saturated heterocycles. The van der Waals surface area contributed by atoms with Crippen LogP contribution in [0.5, 0.6) is 0 Å². The predicted octanol–water partition coefficient (Wildman–Crippen LogP) is 1.86. The maximum Gasteiger partial charge on any atom is 0.271 e. The first-order valence-electron chi connectivity index (χ1n) is 8.41. The minimum atomic E-state index is -0.305. The summed E-state index contributed by atoms with van der Waals surface area (Å²) >= 11 is 5.22. The molecule has 1 heterocycles. The van der Waals surface area contributed by atoms with Crippen LogP contribution in [-0.4, -0.2) is 29.5 Å². The second-order valence-electron chi connectivity index (χ2n) is 6.20. The molecule has 1 aliphatic heterocycles. The number of nitrogens with one attached hydrogen (secondary N) is 3. The van der Waals surface area contributed by atoms with E-state index in [1.165, 1.54) is 12.8 Å². The molecule has 0 atom stereocenters. The van der Waals surface area contributed by atoms with Crippen molar-refractivity contribution in [3.63, 3.8) is 0 Å². The summed E-state index contributed by atoms with van der Waals surface area (Å²) < 4.78 is 0. The van der Waals surface area contributed by atoms with E-state index in [0.29, 0.717) is 35.4 Å². The van der Waals surface area contributed by atoms with E-state index in [1.807, 2.05) is 6.07 Å². The number of carbonyl (C=O) groups is 2. The van der Waals surface area contributed by atoms with Gasteiger partial charge in [0.15, 0.2) is 5.11 Å². The Morgan fingerprint density at radius 1 is 1.12 bits per heavy atom. The third-order valence-corrected chi connectivity index (χ3v) is 4.71. The fourth-order valence-electron chi connectivity index (χ4n) is 3.28. The van der Waals surface area contributed by atoms with Gasteiger partial charge in [-0.2, -0.15) is 0 Å². The maximum atomic E-state index is 12.5. The number of amides is 2. The van der Waals surface area contributed by atoms with Crippen LogP contribution in [0.1, 0.15) is 48.9 Å². The van der Waals surface area contributed by atoms with Crippen molar-refractivity contribution in [1.29, 1.82) is 0 Å². The molecule has 6 nitrogen and oxygen atoms in total. The molecule has 0 unspecified atom stereocenters. The van der Waals surface area contributed by atoms with Crippen molar-refractivity contribution in [2.75, 3.05) is 11.4 Å². The number of benzene rings is 1. The molecular weight excluding hydrogens is 324 g/mol. The molecular formula is C17H22N4O2S. The second-order valence-corrected chi connectivity index (χ2v) is 6.61. The zero-order valence-corrected chi connectivity index (χ0v) is 14.3. The first-order chi connectivity index (χ1) is 11.6. The largest absolute Gasteiger partial charge is 0.359 e. The standard InChI is InChI=1S/C17H22N4O2S/c22-15-10-5-11-21(15)14-9-4-3-8-13(14)16(23)19-20-17(24)18-12-6-1-2-7-12/h3-4,8-9,12H,1-2,5-7,10-11H2,(H,19,23)(H2,18,20,24). The molecule has 2 fully saturated rings. The van der Waals surface area contributed by atoms with Crippen LogP contribution in [0.25, 0.3) is 0 Å². The van der Waals surface area contributed by atoms with Gasteiger partial charge in [-0.1, -0.05) is 25.0 Å². The van der Waals surface area contributed by atoms with Gasteiger partial charge in [0.05, 0.1) is 11.3 Å². The summed E-state index contributed by atoms with van der Waals surface area (Å²) in [5.74, 6) is -0.248. The number of carbonyl (C=O) groups excluding carboxylic acids is 2. The lowest BCUT2D eigenvalue weighted by molar-refractivity contribution is -0.117. The Labute approximate surface area is 146 Å². The minimum Gasteiger partial charge on any atom is -0.359 e. The van der Waals surface area contributed by atoms with Gasteiger partial charge >= 0.3 is 0 Å². The molecule has 128 valence electrons. The molecule has 2 amide bonds. The van der Waals surface area contributed by atoms with E-state index in [2.05, 4.69) is 16.2 Å². The van der Waals surface area contributed by atoms with Gasteiger partial charge in [0.2, 0.25) is 5.91 Å². The zero-order chi connectivity index (χ0) is 16.9. The number of hydrazine groups is 1. The molecule has 7 heteroatoms. The fourth-order valence-corrected chi connectivity index (χ4v) is 3.49. The number of hydrogen-bond acceptors (Lipinski definition) is 3. The highest BCUT2D eigenvalue weighted by molar-refractivity contribution is 7.80. The molecule has 1 saturated carbocycles. The van der Waals surface area contributed by atoms with Gasteiger partial charge in [-0.15, -0.1) is 0 Å². The lowest BCUT2D eigenvalue weighted by Gasteiger charge is -2.20. The van der Waals surface area contributed by atoms with Crippen molar-refractivity contribution in [1.82, 2.24) is 16.2 Å². The van der Waals surface area contributed by atoms with Gasteiger partial charge in [0, 0.05) is 19.0 Å². The van der Waals surface area contributed by atoms with Gasteiger partial charge < -0.3 is 10.2 Å². The number of hydrogen-bond donors (Lipinski definition) is 3. The van der Waals surface area contributed by atoms with Gasteiger partial charge in [-0.3, -0.25) is 20.4 Å². The monoisotopic (exact) mass is 346 g/mol. The normalized spacial score (nSPS) is 17.8. The molecule has 3 N–H and O–H groups in total. The fraction of sp³-hybridized carbons (Fsp3) is 0.471. The summed E-state index contributed by atoms with van der Waals surface area (Å²) in [7, 11) is 0. The van der Waals surface area contributed by atoms with Crippen LogP contribution in [0.4, 0.5) is 5.69 Å². The van der Waals surface area contributed by atoms with Crippen molar-refractivity contribution in [2.45, 2.75) is 44.6 Å². The molecule has 2 aliphatic rings. The Kier molecular flexibility index (Phi) is 5.30. The van der Waals surface area contributed by atoms with E-state index in [9.17, 15) is 9.59 Å². The molecule has 0 spiro atoms. The Bertz CT molecular complexity index is 643. The van der Waals surface area contributed by atoms with Crippen molar-refractivity contribution in [3.05, 3.63) is 29.8 Å². The van der Waals surface area contributed by atoms with Crippen LogP contribution < -0.4 is 21.1 Å². The molecule has 0 radical (unpaired) electrons. The topological polar surface area (TPSA) is 73.5 Å². The van der Waals surface area contributed by atoms with Crippen molar-refractivity contribution in [2.24, 2.45) is 0 Å². The summed E-state index contributed by atoms with van der Waals surface area (Å²) in [6, 6.07) is 7.51. The van der Waals surface area contributed by atoms with Crippen molar-refractivity contribution >= 4 is 34.8 Å². The summed E-state index contributed by atoms with van der Waals surface area (Å²) in [6.07, 6.45) is 5.99. The lowest BCUT2D eigenvalue weighted by Crippen LogP contribution is -2.49. The van der Waals surface area contributed by atoms with E-state index in [0.717, 1.165) is 19.3 Å². The van der Waals surface area contributed by atoms with Gasteiger partial charge in [-0.25, -0.2) is 0 Å². The van der Waals surface area contributed by atoms with Gasteiger partial charge in [0.25, 0.3) is 5.91 Å². The highest BCUT2D eigenvalue weighted by Gasteiger charge is 2.25. The van der Waals surface area contributed by atoms with Crippen LogP contribution in [0.3, 0.4) is 0 Å². The molecule has 1 aromatic rings. The highest BCUT2D eigenvalue weighted by atomic mass is 32.1. The number of para-hydroxylation sites is 1. The third kappa shape index (κ3) is 3.84. The van der Waals surface area contributed by atoms with Crippen molar-refractivity contribution in [3.8, 4) is 0 Å². The summed E-state index contributed by atoms with van der Waals surface area (Å²) in [5, 5.41) is 3.62. The molecule has 1 aromatic carbocycles. The molecule has 24 heavy (non-hydrogen) atoms. The first-order valence-corrected chi connectivity index (χ1v) is 8.82. The molecule has 0 aromatic heterocycles. The Morgan fingerprint density at radius 2 is 1.88 bits per heavy atom. The minimum absolute atomic E-state index is 0.0571. The second kappa shape index (κ2) is 7.61. The molecule has 3 rings (SSSR count). The van der Waals surface area contributed by atoms with Crippen molar-refractivity contribution < 1.29 is 9.59 Å². The zero-order valence-electron chi connectivity index (χ0n) is 13.5. The number of rotatable bonds is 3. The van der Waals surface area contributed by atoms with E-state index < -0.39 is 0 Å². The Hall–Kier alpha value is -2.15. The van der Waals surface area contributed by atoms with Crippen LogP contribution in [-0.2, 0) is 4.79 Å². The van der Waals surface area contributed by atoms with Crippen LogP contribution in [0.2, 0.25) is 0 Å². The predicted molar refractivity (Wildman–Crippen MR) is 96.6 cm³/mol. The first kappa shape index (κ1) is 16.7. The third-order valence-electron chi connectivity index (χ3n) is 4.49. The van der Waals surface area contributed by atoms with Gasteiger partial charge in [-0.05, 0) is 43.6 Å².